The Hall–Kier alpha value is -3.22. The molecule has 5 atom stereocenters. The summed E-state index contributed by atoms with van der Waals surface area (Å²) in [4.78, 5) is 19.2. The van der Waals surface area contributed by atoms with Crippen LogP contribution < -0.4 is 10.1 Å². The maximum absolute atomic E-state index is 13.6. The first kappa shape index (κ1) is 44.3. The van der Waals surface area contributed by atoms with Gasteiger partial charge in [-0.05, 0) is 84.9 Å². The van der Waals surface area contributed by atoms with E-state index in [4.69, 9.17) is 21.1 Å². The van der Waals surface area contributed by atoms with Crippen LogP contribution in [0.5, 0.6) is 5.75 Å². The van der Waals surface area contributed by atoms with E-state index < -0.39 is 59.3 Å². The predicted octanol–water partition coefficient (Wildman–Crippen LogP) is 2.92. The number of aliphatic hydroxyl groups is 5. The van der Waals surface area contributed by atoms with Crippen LogP contribution in [0.25, 0.3) is 11.1 Å². The molecule has 3 aliphatic rings. The first-order valence-electron chi connectivity index (χ1n) is 20.2. The minimum absolute atomic E-state index is 0.0410. The highest BCUT2D eigenvalue weighted by Gasteiger charge is 2.46. The largest absolute Gasteiger partial charge is 0.490 e. The molecule has 1 amide bonds. The molecular weight excluding hydrogens is 788 g/mol. The van der Waals surface area contributed by atoms with Gasteiger partial charge in [-0.25, -0.2) is 8.42 Å². The van der Waals surface area contributed by atoms with Crippen molar-refractivity contribution in [2.24, 2.45) is 0 Å². The zero-order valence-electron chi connectivity index (χ0n) is 33.0. The lowest BCUT2D eigenvalue weighted by molar-refractivity contribution is -0.139. The van der Waals surface area contributed by atoms with Crippen LogP contribution in [0.2, 0.25) is 5.02 Å². The Morgan fingerprint density at radius 1 is 1.05 bits per heavy atom. The smallest absolute Gasteiger partial charge is 0.222 e. The second-order valence-electron chi connectivity index (χ2n) is 15.8. The third kappa shape index (κ3) is 11.3. The summed E-state index contributed by atoms with van der Waals surface area (Å²) in [7, 11) is -3.76. The van der Waals surface area contributed by atoms with E-state index in [0.29, 0.717) is 24.4 Å². The summed E-state index contributed by atoms with van der Waals surface area (Å²) in [6, 6.07) is 16.2. The van der Waals surface area contributed by atoms with Gasteiger partial charge < -0.3 is 45.2 Å². The quantitative estimate of drug-likeness (QED) is 0.0866. The van der Waals surface area contributed by atoms with Crippen LogP contribution in [0.1, 0.15) is 74.5 Å². The number of halogens is 1. The minimum atomic E-state index is -3.76. The monoisotopic (exact) mass is 844 g/mol. The van der Waals surface area contributed by atoms with Crippen molar-refractivity contribution in [3.05, 3.63) is 82.6 Å². The Labute approximate surface area is 345 Å². The van der Waals surface area contributed by atoms with Gasteiger partial charge in [0, 0.05) is 67.7 Å². The number of para-hydroxylation sites is 1. The molecule has 2 heterocycles. The van der Waals surface area contributed by atoms with Crippen LogP contribution in [0.3, 0.4) is 0 Å². The van der Waals surface area contributed by atoms with Crippen LogP contribution >= 0.6 is 11.6 Å². The standard InChI is InChI=1S/C42H57ClN4O10S/c1-28(5-4-8-39(51)46(26-36(49)40(52)41(53)37(50)27-48)19-22-58(54,55)47-17-20-56-21-18-47)29-9-12-35(43)30(23-29)24-45-42(14-15-42)34-25-44-16-13-32(34)33-6-2-3-7-38(33)57-31-10-11-31/h2-3,6-7,9,12-13,16,23,25,28,31,36-37,40-41,45,48-50,52-53H,4-5,8,10-11,14-15,17-22,24,26-27H2,1H3/t28?,36-,37+,40+,41+/m0/s1. The van der Waals surface area contributed by atoms with Gasteiger partial charge in [-0.15, -0.1) is 0 Å². The molecule has 1 aliphatic heterocycles. The molecule has 58 heavy (non-hydrogen) atoms. The molecule has 3 fully saturated rings. The summed E-state index contributed by atoms with van der Waals surface area (Å²) in [6.07, 6.45) is 2.00. The maximum Gasteiger partial charge on any atom is 0.222 e. The molecule has 1 aromatic heterocycles. The number of amides is 1. The van der Waals surface area contributed by atoms with E-state index in [0.717, 1.165) is 59.3 Å². The summed E-state index contributed by atoms with van der Waals surface area (Å²) in [5.74, 6) is 0.0898. The van der Waals surface area contributed by atoms with Crippen molar-refractivity contribution < 1.29 is 48.2 Å². The van der Waals surface area contributed by atoms with Gasteiger partial charge in [0.15, 0.2) is 0 Å². The van der Waals surface area contributed by atoms with E-state index >= 15 is 0 Å². The number of aliphatic hydroxyl groups excluding tert-OH is 5. The number of aromatic nitrogens is 1. The third-order valence-electron chi connectivity index (χ3n) is 11.4. The van der Waals surface area contributed by atoms with Crippen LogP contribution in [0.15, 0.2) is 60.9 Å². The topological polar surface area (TPSA) is 202 Å². The maximum atomic E-state index is 13.6. The number of sulfonamides is 1. The fourth-order valence-electron chi connectivity index (χ4n) is 7.41. The average Bonchev–Trinajstić information content (AvgIpc) is 4.19. The number of benzene rings is 2. The van der Waals surface area contributed by atoms with E-state index in [1.807, 2.05) is 42.7 Å². The van der Waals surface area contributed by atoms with E-state index in [2.05, 4.69) is 35.4 Å². The predicted molar refractivity (Wildman–Crippen MR) is 219 cm³/mol. The number of hydrogen-bond acceptors (Lipinski definition) is 12. The van der Waals surface area contributed by atoms with Crippen molar-refractivity contribution in [2.45, 2.75) is 100 Å². The lowest BCUT2D eigenvalue weighted by Crippen LogP contribution is -2.51. The highest BCUT2D eigenvalue weighted by atomic mass is 35.5. The molecule has 1 unspecified atom stereocenters. The van der Waals surface area contributed by atoms with Crippen molar-refractivity contribution in [3.8, 4) is 16.9 Å². The van der Waals surface area contributed by atoms with Gasteiger partial charge in [0.2, 0.25) is 15.9 Å². The summed E-state index contributed by atoms with van der Waals surface area (Å²) in [6.45, 7) is 1.92. The fourth-order valence-corrected chi connectivity index (χ4v) is 9.01. The summed E-state index contributed by atoms with van der Waals surface area (Å²) >= 11 is 6.75. The number of hydrogen-bond donors (Lipinski definition) is 6. The molecule has 6 N–H and O–H groups in total. The summed E-state index contributed by atoms with van der Waals surface area (Å²) in [5, 5.41) is 54.7. The van der Waals surface area contributed by atoms with Gasteiger partial charge in [-0.2, -0.15) is 4.31 Å². The van der Waals surface area contributed by atoms with Gasteiger partial charge in [-0.3, -0.25) is 9.78 Å². The molecule has 318 valence electrons. The van der Waals surface area contributed by atoms with Gasteiger partial charge in [-0.1, -0.05) is 48.9 Å². The first-order chi connectivity index (χ1) is 27.8. The molecule has 0 spiro atoms. The van der Waals surface area contributed by atoms with Crippen molar-refractivity contribution in [1.82, 2.24) is 19.5 Å². The van der Waals surface area contributed by atoms with Gasteiger partial charge in [0.05, 0.1) is 31.7 Å². The molecule has 0 bridgehead atoms. The van der Waals surface area contributed by atoms with E-state index in [1.165, 1.54) is 9.21 Å². The van der Waals surface area contributed by atoms with Crippen molar-refractivity contribution in [3.63, 3.8) is 0 Å². The lowest BCUT2D eigenvalue weighted by Gasteiger charge is -2.31. The number of carbonyl (C=O) groups excluding carboxylic acids is 1. The second kappa shape index (κ2) is 19.9. The van der Waals surface area contributed by atoms with E-state index in [1.54, 1.807) is 0 Å². The highest BCUT2D eigenvalue weighted by Crippen LogP contribution is 2.50. The van der Waals surface area contributed by atoms with Gasteiger partial charge in [0.1, 0.15) is 30.2 Å². The molecule has 0 radical (unpaired) electrons. The van der Waals surface area contributed by atoms with Gasteiger partial charge >= 0.3 is 0 Å². The van der Waals surface area contributed by atoms with E-state index in [9.17, 15) is 38.7 Å². The van der Waals surface area contributed by atoms with Crippen LogP contribution in [-0.2, 0) is 31.6 Å². The number of nitrogens with zero attached hydrogens (tertiary/aromatic N) is 3. The average molecular weight is 845 g/mol. The Balaban J connectivity index is 1.07. The molecule has 3 aromatic rings. The number of rotatable bonds is 22. The number of pyridine rings is 1. The number of morpholine rings is 1. The third-order valence-corrected chi connectivity index (χ3v) is 13.7. The molecule has 2 aromatic carbocycles. The van der Waals surface area contributed by atoms with Crippen LogP contribution in [0.4, 0.5) is 0 Å². The Morgan fingerprint density at radius 3 is 2.48 bits per heavy atom. The van der Waals surface area contributed by atoms with E-state index in [-0.39, 0.29) is 56.8 Å². The summed E-state index contributed by atoms with van der Waals surface area (Å²) < 4.78 is 39.0. The molecule has 6 rings (SSSR count). The first-order valence-corrected chi connectivity index (χ1v) is 22.2. The van der Waals surface area contributed by atoms with Gasteiger partial charge in [0.25, 0.3) is 0 Å². The molecule has 1 saturated heterocycles. The lowest BCUT2D eigenvalue weighted by atomic mass is 9.93. The molecule has 2 aliphatic carbocycles. The SMILES string of the molecule is CC(CCCC(=O)N(CCS(=O)(=O)N1CCOCC1)C[C@H](O)[C@@H](O)[C@H](O)[C@H](O)CO)c1ccc(Cl)c(CNC2(c3cnccc3-c3ccccc3OC3CC3)CC2)c1. The zero-order valence-corrected chi connectivity index (χ0v) is 34.5. The van der Waals surface area contributed by atoms with Crippen LogP contribution in [-0.4, -0.2) is 136 Å². The number of ether oxygens (including phenoxy) is 2. The highest BCUT2D eigenvalue weighted by molar-refractivity contribution is 7.89. The van der Waals surface area contributed by atoms with Crippen molar-refractivity contribution in [1.29, 1.82) is 0 Å². The molecule has 2 saturated carbocycles. The summed E-state index contributed by atoms with van der Waals surface area (Å²) in [5.41, 5.74) is 5.02. The molecular formula is C42H57ClN4O10S. The molecule has 16 heteroatoms. The Bertz CT molecular complexity index is 1940. The Morgan fingerprint density at radius 2 is 1.78 bits per heavy atom. The number of nitrogens with one attached hydrogen (secondary N) is 1. The van der Waals surface area contributed by atoms with Crippen molar-refractivity contribution in [2.75, 3.05) is 51.8 Å². The zero-order chi connectivity index (χ0) is 41.5. The van der Waals surface area contributed by atoms with Crippen LogP contribution in [0, 0.1) is 0 Å². The number of carbonyl (C=O) groups is 1. The normalized spacial score (nSPS) is 19.5. The minimum Gasteiger partial charge on any atom is -0.490 e. The Kier molecular flexibility index (Phi) is 15.2. The van der Waals surface area contributed by atoms with Crippen molar-refractivity contribution >= 4 is 27.5 Å². The second-order valence-corrected chi connectivity index (χ2v) is 18.3. The molecule has 14 nitrogen and oxygen atoms in total. The fraction of sp³-hybridized carbons (Fsp3) is 0.571.